The van der Waals surface area contributed by atoms with Crippen LogP contribution < -0.4 is 0 Å². The van der Waals surface area contributed by atoms with Crippen molar-refractivity contribution in [1.82, 2.24) is 9.78 Å². The first kappa shape index (κ1) is 7.98. The first-order valence-electron chi connectivity index (χ1n) is 3.98. The zero-order valence-corrected chi connectivity index (χ0v) is 6.94. The minimum absolute atomic E-state index is 0.196. The van der Waals surface area contributed by atoms with Gasteiger partial charge in [0.2, 0.25) is 0 Å². The number of rotatable bonds is 2. The fourth-order valence-electron chi connectivity index (χ4n) is 1.15. The molecule has 0 unspecified atom stereocenters. The smallest absolute Gasteiger partial charge is 0.128 e. The van der Waals surface area contributed by atoms with E-state index >= 15 is 0 Å². The van der Waals surface area contributed by atoms with Crippen molar-refractivity contribution < 1.29 is 4.39 Å². The number of nitrogens with zero attached hydrogens (tertiary/aromatic N) is 2. The van der Waals surface area contributed by atoms with Crippen LogP contribution in [0.25, 0.3) is 0 Å². The molecule has 65 valence electrons. The highest BCUT2D eigenvalue weighted by Gasteiger charge is 2.00. The molecule has 2 aromatic rings. The molecule has 0 aliphatic rings. The van der Waals surface area contributed by atoms with E-state index in [0.717, 1.165) is 0 Å². The van der Waals surface area contributed by atoms with Gasteiger partial charge in [-0.1, -0.05) is 18.2 Å². The van der Waals surface area contributed by atoms with Gasteiger partial charge in [-0.3, -0.25) is 4.68 Å². The predicted octanol–water partition coefficient (Wildman–Crippen LogP) is 1.87. The van der Waals surface area contributed by atoms with E-state index in [-0.39, 0.29) is 5.82 Å². The molecule has 2 rings (SSSR count). The van der Waals surface area contributed by atoms with Gasteiger partial charge in [-0.2, -0.15) is 5.10 Å². The third-order valence-electron chi connectivity index (χ3n) is 1.79. The molecular formula is C10H8FN2. The van der Waals surface area contributed by atoms with Crippen molar-refractivity contribution in [2.45, 2.75) is 6.54 Å². The van der Waals surface area contributed by atoms with Crippen LogP contribution in [0.4, 0.5) is 4.39 Å². The van der Waals surface area contributed by atoms with Crippen molar-refractivity contribution in [2.24, 2.45) is 0 Å². The lowest BCUT2D eigenvalue weighted by Gasteiger charge is -2.02. The molecule has 1 heterocycles. The molecule has 0 fully saturated rings. The molecular weight excluding hydrogens is 167 g/mol. The molecule has 2 nitrogen and oxygen atoms in total. The van der Waals surface area contributed by atoms with Crippen LogP contribution in [-0.4, -0.2) is 9.78 Å². The van der Waals surface area contributed by atoms with Crippen molar-refractivity contribution >= 4 is 0 Å². The summed E-state index contributed by atoms with van der Waals surface area (Å²) in [4.78, 5) is 0. The van der Waals surface area contributed by atoms with E-state index in [1.807, 2.05) is 6.07 Å². The topological polar surface area (TPSA) is 17.8 Å². The van der Waals surface area contributed by atoms with Gasteiger partial charge in [0.25, 0.3) is 0 Å². The molecule has 0 aliphatic carbocycles. The maximum atomic E-state index is 13.1. The van der Waals surface area contributed by atoms with Gasteiger partial charge >= 0.3 is 0 Å². The zero-order valence-electron chi connectivity index (χ0n) is 6.94. The normalized spacial score (nSPS) is 10.2. The van der Waals surface area contributed by atoms with Gasteiger partial charge in [0, 0.05) is 17.8 Å². The van der Waals surface area contributed by atoms with E-state index in [1.165, 1.54) is 6.07 Å². The third kappa shape index (κ3) is 1.75. The molecule has 3 heteroatoms. The van der Waals surface area contributed by atoms with Crippen molar-refractivity contribution in [1.29, 1.82) is 0 Å². The van der Waals surface area contributed by atoms with Gasteiger partial charge < -0.3 is 0 Å². The number of benzene rings is 1. The molecule has 13 heavy (non-hydrogen) atoms. The summed E-state index contributed by atoms with van der Waals surface area (Å²) in [6.45, 7) is 0.455. The minimum Gasteiger partial charge on any atom is -0.268 e. The highest BCUT2D eigenvalue weighted by molar-refractivity contribution is 5.17. The van der Waals surface area contributed by atoms with Gasteiger partial charge in [-0.15, -0.1) is 0 Å². The predicted molar refractivity (Wildman–Crippen MR) is 46.6 cm³/mol. The molecule has 0 saturated heterocycles. The average Bonchev–Trinajstić information content (AvgIpc) is 2.61. The van der Waals surface area contributed by atoms with Crippen LogP contribution in [0.1, 0.15) is 5.56 Å². The fraction of sp³-hybridized carbons (Fsp3) is 0.100. The van der Waals surface area contributed by atoms with Crippen molar-refractivity contribution in [3.63, 3.8) is 0 Å². The van der Waals surface area contributed by atoms with Crippen LogP contribution in [-0.2, 0) is 6.54 Å². The summed E-state index contributed by atoms with van der Waals surface area (Å²) in [6.07, 6.45) is 3.24. The Morgan fingerprint density at radius 2 is 2.23 bits per heavy atom. The fourth-order valence-corrected chi connectivity index (χ4v) is 1.15. The van der Waals surface area contributed by atoms with Gasteiger partial charge in [0.15, 0.2) is 0 Å². The van der Waals surface area contributed by atoms with Gasteiger partial charge in [-0.05, 0) is 6.07 Å². The Kier molecular flexibility index (Phi) is 2.08. The summed E-state index contributed by atoms with van der Waals surface area (Å²) in [5.74, 6) is -0.196. The van der Waals surface area contributed by atoms with Gasteiger partial charge in [-0.25, -0.2) is 4.39 Å². The Labute approximate surface area is 75.6 Å². The van der Waals surface area contributed by atoms with E-state index in [4.69, 9.17) is 0 Å². The van der Waals surface area contributed by atoms with E-state index in [1.54, 1.807) is 29.2 Å². The molecule has 0 bridgehead atoms. The molecule has 0 N–H and O–H groups in total. The second-order valence-corrected chi connectivity index (χ2v) is 2.73. The maximum Gasteiger partial charge on any atom is 0.128 e. The quantitative estimate of drug-likeness (QED) is 0.681. The SMILES string of the molecule is Fc1ccccc1Cn1c[c]cn1. The Morgan fingerprint density at radius 1 is 1.38 bits per heavy atom. The van der Waals surface area contributed by atoms with Crippen LogP contribution in [0.3, 0.4) is 0 Å². The van der Waals surface area contributed by atoms with Gasteiger partial charge in [0.05, 0.1) is 12.7 Å². The van der Waals surface area contributed by atoms with Gasteiger partial charge in [0.1, 0.15) is 5.82 Å². The number of aromatic nitrogens is 2. The first-order valence-corrected chi connectivity index (χ1v) is 3.98. The number of hydrogen-bond donors (Lipinski definition) is 0. The van der Waals surface area contributed by atoms with Crippen LogP contribution in [0.15, 0.2) is 36.7 Å². The highest BCUT2D eigenvalue weighted by Crippen LogP contribution is 2.07. The summed E-state index contributed by atoms with van der Waals surface area (Å²) in [6, 6.07) is 9.48. The standard InChI is InChI=1S/C10H8FN2/c11-10-5-2-1-4-9(10)8-13-7-3-6-12-13/h1-2,4-7H,8H2. The Bertz CT molecular complexity index is 382. The molecule has 0 saturated carbocycles. The lowest BCUT2D eigenvalue weighted by molar-refractivity contribution is 0.585. The summed E-state index contributed by atoms with van der Waals surface area (Å²) >= 11 is 0. The molecule has 1 aromatic heterocycles. The van der Waals surface area contributed by atoms with E-state index in [0.29, 0.717) is 12.1 Å². The molecule has 1 aromatic carbocycles. The molecule has 0 atom stereocenters. The Morgan fingerprint density at radius 3 is 2.92 bits per heavy atom. The largest absolute Gasteiger partial charge is 0.268 e. The molecule has 0 spiro atoms. The highest BCUT2D eigenvalue weighted by atomic mass is 19.1. The van der Waals surface area contributed by atoms with Crippen molar-refractivity contribution in [2.75, 3.05) is 0 Å². The van der Waals surface area contributed by atoms with E-state index in [2.05, 4.69) is 11.2 Å². The number of hydrogen-bond acceptors (Lipinski definition) is 1. The average molecular weight is 175 g/mol. The van der Waals surface area contributed by atoms with E-state index < -0.39 is 0 Å². The minimum atomic E-state index is -0.196. The van der Waals surface area contributed by atoms with E-state index in [9.17, 15) is 4.39 Å². The molecule has 0 aliphatic heterocycles. The molecule has 1 radical (unpaired) electrons. The second kappa shape index (κ2) is 3.39. The third-order valence-corrected chi connectivity index (χ3v) is 1.79. The zero-order chi connectivity index (χ0) is 9.10. The lowest BCUT2D eigenvalue weighted by atomic mass is 10.2. The van der Waals surface area contributed by atoms with Crippen LogP contribution in [0, 0.1) is 11.9 Å². The first-order chi connectivity index (χ1) is 6.36. The maximum absolute atomic E-state index is 13.1. The summed E-state index contributed by atoms with van der Waals surface area (Å²) < 4.78 is 14.8. The number of halogens is 1. The molecule has 0 amide bonds. The Balaban J connectivity index is 2.24. The summed E-state index contributed by atoms with van der Waals surface area (Å²) in [7, 11) is 0. The van der Waals surface area contributed by atoms with Crippen molar-refractivity contribution in [3.05, 3.63) is 54.1 Å². The lowest BCUT2D eigenvalue weighted by Crippen LogP contribution is -2.01. The van der Waals surface area contributed by atoms with Crippen LogP contribution in [0.2, 0.25) is 0 Å². The summed E-state index contributed by atoms with van der Waals surface area (Å²) in [5, 5.41) is 3.95. The van der Waals surface area contributed by atoms with Crippen molar-refractivity contribution in [3.8, 4) is 0 Å². The van der Waals surface area contributed by atoms with Crippen LogP contribution in [0.5, 0.6) is 0 Å². The summed E-state index contributed by atoms with van der Waals surface area (Å²) in [5.41, 5.74) is 0.639. The Hall–Kier alpha value is -1.64. The second-order valence-electron chi connectivity index (χ2n) is 2.73. The monoisotopic (exact) mass is 175 g/mol. The van der Waals surface area contributed by atoms with Crippen LogP contribution >= 0.6 is 0 Å².